The number of ether oxygens (including phenoxy) is 1. The number of carbonyl (C=O) groups is 2. The van der Waals surface area contributed by atoms with Crippen LogP contribution in [0, 0.1) is 0 Å². The van der Waals surface area contributed by atoms with Crippen molar-refractivity contribution >= 4 is 11.8 Å². The van der Waals surface area contributed by atoms with Crippen LogP contribution < -0.4 is 0 Å². The summed E-state index contributed by atoms with van der Waals surface area (Å²) in [5, 5.41) is 9.27. The molecule has 1 aromatic rings. The highest BCUT2D eigenvalue weighted by Crippen LogP contribution is 2.21. The zero-order valence-electron chi connectivity index (χ0n) is 10.1. The molecule has 1 atom stereocenters. The first-order valence-corrected chi connectivity index (χ1v) is 5.73. The quantitative estimate of drug-likeness (QED) is 0.775. The molecule has 0 fully saturated rings. The smallest absolute Gasteiger partial charge is 0.261 e. The third kappa shape index (κ3) is 2.14. The molecule has 1 unspecified atom stereocenters. The van der Waals surface area contributed by atoms with Crippen LogP contribution in [0.5, 0.6) is 0 Å². The zero-order chi connectivity index (χ0) is 13.1. The highest BCUT2D eigenvalue weighted by molar-refractivity contribution is 6.10. The van der Waals surface area contributed by atoms with Gasteiger partial charge < -0.3 is 9.84 Å². The monoisotopic (exact) mass is 249 g/mol. The Bertz CT molecular complexity index is 472. The summed E-state index contributed by atoms with van der Waals surface area (Å²) < 4.78 is 4.93. The first kappa shape index (κ1) is 12.7. The summed E-state index contributed by atoms with van der Waals surface area (Å²) in [7, 11) is 1.47. The summed E-state index contributed by atoms with van der Waals surface area (Å²) >= 11 is 0. The molecule has 0 radical (unpaired) electrons. The van der Waals surface area contributed by atoms with Gasteiger partial charge >= 0.3 is 0 Å². The molecular formula is C13H15NO4. The summed E-state index contributed by atoms with van der Waals surface area (Å²) in [6.45, 7) is -0.163. The second-order valence-electron chi connectivity index (χ2n) is 4.19. The lowest BCUT2D eigenvalue weighted by atomic mass is 9.97. The van der Waals surface area contributed by atoms with Gasteiger partial charge in [-0.05, 0) is 11.6 Å². The highest BCUT2D eigenvalue weighted by atomic mass is 16.5. The SMILES string of the molecule is COCC(CO)N1C(=O)Cc2ccccc2C1=O. The van der Waals surface area contributed by atoms with Gasteiger partial charge in [-0.2, -0.15) is 0 Å². The number of carbonyl (C=O) groups excluding carboxylic acids is 2. The van der Waals surface area contributed by atoms with Crippen LogP contribution in [-0.2, 0) is 16.0 Å². The molecule has 18 heavy (non-hydrogen) atoms. The number of aliphatic hydroxyl groups is 1. The van der Waals surface area contributed by atoms with Crippen molar-refractivity contribution in [2.24, 2.45) is 0 Å². The Kier molecular flexibility index (Phi) is 3.74. The predicted molar refractivity (Wildman–Crippen MR) is 64.1 cm³/mol. The number of benzene rings is 1. The van der Waals surface area contributed by atoms with E-state index < -0.39 is 6.04 Å². The van der Waals surface area contributed by atoms with Crippen LogP contribution in [-0.4, -0.2) is 48.2 Å². The number of nitrogens with zero attached hydrogens (tertiary/aromatic N) is 1. The normalized spacial score (nSPS) is 16.7. The van der Waals surface area contributed by atoms with E-state index in [9.17, 15) is 14.7 Å². The van der Waals surface area contributed by atoms with Gasteiger partial charge in [-0.25, -0.2) is 0 Å². The van der Waals surface area contributed by atoms with Gasteiger partial charge in [0.2, 0.25) is 5.91 Å². The van der Waals surface area contributed by atoms with Crippen LogP contribution in [0.15, 0.2) is 24.3 Å². The fourth-order valence-corrected chi connectivity index (χ4v) is 2.14. The van der Waals surface area contributed by atoms with E-state index in [4.69, 9.17) is 4.74 Å². The van der Waals surface area contributed by atoms with Crippen molar-refractivity contribution in [3.63, 3.8) is 0 Å². The number of fused-ring (bicyclic) bond motifs is 1. The zero-order valence-corrected chi connectivity index (χ0v) is 10.1. The van der Waals surface area contributed by atoms with E-state index >= 15 is 0 Å². The van der Waals surface area contributed by atoms with Crippen LogP contribution in [0.4, 0.5) is 0 Å². The van der Waals surface area contributed by atoms with E-state index in [-0.39, 0.29) is 31.4 Å². The maximum Gasteiger partial charge on any atom is 0.261 e. The number of hydrogen-bond acceptors (Lipinski definition) is 4. The lowest BCUT2D eigenvalue weighted by Crippen LogP contribution is -2.51. The van der Waals surface area contributed by atoms with Crippen molar-refractivity contribution in [2.75, 3.05) is 20.3 Å². The Morgan fingerprint density at radius 1 is 1.39 bits per heavy atom. The van der Waals surface area contributed by atoms with Crippen LogP contribution in [0.1, 0.15) is 15.9 Å². The van der Waals surface area contributed by atoms with E-state index in [0.29, 0.717) is 5.56 Å². The van der Waals surface area contributed by atoms with Gasteiger partial charge in [-0.15, -0.1) is 0 Å². The third-order valence-corrected chi connectivity index (χ3v) is 3.01. The van der Waals surface area contributed by atoms with Crippen molar-refractivity contribution in [1.29, 1.82) is 0 Å². The Balaban J connectivity index is 2.34. The number of imide groups is 1. The fraction of sp³-hybridized carbons (Fsp3) is 0.385. The summed E-state index contributed by atoms with van der Waals surface area (Å²) in [6.07, 6.45) is 0.183. The molecule has 2 rings (SSSR count). The average molecular weight is 249 g/mol. The van der Waals surface area contributed by atoms with Gasteiger partial charge in [-0.3, -0.25) is 14.5 Å². The molecule has 0 saturated carbocycles. The minimum absolute atomic E-state index is 0.135. The minimum atomic E-state index is -0.622. The molecule has 1 N–H and O–H groups in total. The van der Waals surface area contributed by atoms with Gasteiger partial charge in [0.15, 0.2) is 0 Å². The second-order valence-corrected chi connectivity index (χ2v) is 4.19. The summed E-state index contributed by atoms with van der Waals surface area (Å²) in [6, 6.07) is 6.40. The fourth-order valence-electron chi connectivity index (χ4n) is 2.14. The Morgan fingerprint density at radius 2 is 2.11 bits per heavy atom. The Morgan fingerprint density at radius 3 is 2.78 bits per heavy atom. The molecule has 1 aliphatic heterocycles. The van der Waals surface area contributed by atoms with Gasteiger partial charge in [0, 0.05) is 12.7 Å². The number of hydrogen-bond donors (Lipinski definition) is 1. The van der Waals surface area contributed by atoms with Crippen LogP contribution in [0.2, 0.25) is 0 Å². The summed E-state index contributed by atoms with van der Waals surface area (Å²) in [5.41, 5.74) is 1.25. The number of aliphatic hydroxyl groups excluding tert-OH is 1. The standard InChI is InChI=1S/C13H15NO4/c1-18-8-10(7-15)14-12(16)6-9-4-2-3-5-11(9)13(14)17/h2-5,10,15H,6-8H2,1H3. The molecule has 0 aliphatic carbocycles. The molecule has 0 saturated heterocycles. The van der Waals surface area contributed by atoms with E-state index in [2.05, 4.69) is 0 Å². The molecule has 0 aromatic heterocycles. The number of methoxy groups -OCH3 is 1. The Hall–Kier alpha value is -1.72. The lowest BCUT2D eigenvalue weighted by molar-refractivity contribution is -0.132. The van der Waals surface area contributed by atoms with E-state index in [1.54, 1.807) is 24.3 Å². The molecule has 0 bridgehead atoms. The number of rotatable bonds is 4. The molecule has 1 heterocycles. The van der Waals surface area contributed by atoms with E-state index in [1.807, 2.05) is 0 Å². The Labute approximate surface area is 105 Å². The van der Waals surface area contributed by atoms with Crippen LogP contribution >= 0.6 is 0 Å². The molecule has 1 aromatic carbocycles. The molecule has 1 aliphatic rings. The average Bonchev–Trinajstić information content (AvgIpc) is 2.37. The maximum atomic E-state index is 12.2. The summed E-state index contributed by atoms with van der Waals surface area (Å²) in [5.74, 6) is -0.659. The second kappa shape index (κ2) is 5.29. The molecule has 0 spiro atoms. The predicted octanol–water partition coefficient (Wildman–Crippen LogP) is 0.219. The molecule has 96 valence electrons. The summed E-state index contributed by atoms with van der Waals surface area (Å²) in [4.78, 5) is 25.3. The van der Waals surface area contributed by atoms with E-state index in [1.165, 1.54) is 7.11 Å². The lowest BCUT2D eigenvalue weighted by Gasteiger charge is -2.32. The first-order chi connectivity index (χ1) is 8.69. The topological polar surface area (TPSA) is 66.8 Å². The van der Waals surface area contributed by atoms with Crippen molar-refractivity contribution < 1.29 is 19.4 Å². The van der Waals surface area contributed by atoms with Crippen molar-refractivity contribution in [3.8, 4) is 0 Å². The maximum absolute atomic E-state index is 12.2. The largest absolute Gasteiger partial charge is 0.394 e. The first-order valence-electron chi connectivity index (χ1n) is 5.73. The van der Waals surface area contributed by atoms with Gasteiger partial charge in [-0.1, -0.05) is 18.2 Å². The van der Waals surface area contributed by atoms with E-state index in [0.717, 1.165) is 10.5 Å². The minimum Gasteiger partial charge on any atom is -0.394 e. The molecular weight excluding hydrogens is 234 g/mol. The van der Waals surface area contributed by atoms with Gasteiger partial charge in [0.25, 0.3) is 5.91 Å². The van der Waals surface area contributed by atoms with Crippen molar-refractivity contribution in [3.05, 3.63) is 35.4 Å². The van der Waals surface area contributed by atoms with Gasteiger partial charge in [0.05, 0.1) is 25.7 Å². The molecule has 5 heteroatoms. The van der Waals surface area contributed by atoms with Crippen LogP contribution in [0.3, 0.4) is 0 Å². The van der Waals surface area contributed by atoms with Gasteiger partial charge in [0.1, 0.15) is 0 Å². The molecule has 2 amide bonds. The third-order valence-electron chi connectivity index (χ3n) is 3.01. The van der Waals surface area contributed by atoms with Crippen molar-refractivity contribution in [1.82, 2.24) is 4.90 Å². The van der Waals surface area contributed by atoms with Crippen molar-refractivity contribution in [2.45, 2.75) is 12.5 Å². The van der Waals surface area contributed by atoms with Crippen LogP contribution in [0.25, 0.3) is 0 Å². The number of amides is 2. The molecule has 5 nitrogen and oxygen atoms in total. The highest BCUT2D eigenvalue weighted by Gasteiger charge is 2.35.